The molecule has 106 valence electrons. The summed E-state index contributed by atoms with van der Waals surface area (Å²) in [5.74, 6) is 0.206. The van der Waals surface area contributed by atoms with E-state index in [0.29, 0.717) is 9.47 Å². The predicted molar refractivity (Wildman–Crippen MR) is 87.3 cm³/mol. The minimum atomic E-state index is -0.0754. The molecule has 5 nitrogen and oxygen atoms in total. The summed E-state index contributed by atoms with van der Waals surface area (Å²) in [6, 6.07) is 3.81. The van der Waals surface area contributed by atoms with Crippen molar-refractivity contribution < 1.29 is 4.79 Å². The van der Waals surface area contributed by atoms with Crippen LogP contribution in [0.15, 0.2) is 20.9 Å². The van der Waals surface area contributed by atoms with Gasteiger partial charge in [-0.05, 0) is 37.1 Å². The van der Waals surface area contributed by atoms with Crippen molar-refractivity contribution in [3.8, 4) is 0 Å². The van der Waals surface area contributed by atoms with Gasteiger partial charge in [-0.1, -0.05) is 39.0 Å². The zero-order valence-electron chi connectivity index (χ0n) is 10.9. The number of halogens is 1. The molecule has 3 N–H and O–H groups in total. The molecule has 0 spiro atoms. The number of hydrogen-bond acceptors (Lipinski definition) is 6. The maximum absolute atomic E-state index is 11.9. The highest BCUT2D eigenvalue weighted by molar-refractivity contribution is 9.10. The zero-order chi connectivity index (χ0) is 14.7. The Morgan fingerprint density at radius 1 is 1.40 bits per heavy atom. The summed E-state index contributed by atoms with van der Waals surface area (Å²) in [6.45, 7) is 3.99. The fraction of sp³-hybridized carbons (Fsp3) is 0.250. The van der Waals surface area contributed by atoms with E-state index in [4.69, 9.17) is 5.73 Å². The minimum absolute atomic E-state index is 0.0754. The van der Waals surface area contributed by atoms with Crippen LogP contribution in [0.25, 0.3) is 0 Å². The van der Waals surface area contributed by atoms with Gasteiger partial charge in [0.2, 0.25) is 11.0 Å². The Morgan fingerprint density at radius 3 is 2.80 bits per heavy atom. The quantitative estimate of drug-likeness (QED) is 0.805. The normalized spacial score (nSPS) is 10.6. The summed E-state index contributed by atoms with van der Waals surface area (Å²) in [4.78, 5) is 11.9. The molecule has 0 atom stereocenters. The summed E-state index contributed by atoms with van der Waals surface area (Å²) in [6.07, 6.45) is 0. The number of nitrogen functional groups attached to an aromatic ring is 1. The van der Waals surface area contributed by atoms with E-state index < -0.39 is 0 Å². The van der Waals surface area contributed by atoms with Crippen LogP contribution >= 0.6 is 39.0 Å². The number of aromatic nitrogens is 2. The molecule has 0 fully saturated rings. The van der Waals surface area contributed by atoms with E-state index in [1.54, 1.807) is 0 Å². The number of benzene rings is 1. The second-order valence-electron chi connectivity index (χ2n) is 4.09. The Kier molecular flexibility index (Phi) is 5.00. The van der Waals surface area contributed by atoms with Crippen molar-refractivity contribution in [2.45, 2.75) is 18.2 Å². The van der Waals surface area contributed by atoms with Crippen molar-refractivity contribution in [2.75, 3.05) is 16.8 Å². The third-order valence-corrected chi connectivity index (χ3v) is 5.49. The van der Waals surface area contributed by atoms with E-state index in [0.717, 1.165) is 21.3 Å². The monoisotopic (exact) mass is 372 g/mol. The molecule has 0 bridgehead atoms. The summed E-state index contributed by atoms with van der Waals surface area (Å²) in [5.41, 5.74) is 8.48. The highest BCUT2D eigenvalue weighted by Crippen LogP contribution is 2.27. The van der Waals surface area contributed by atoms with Gasteiger partial charge in [-0.25, -0.2) is 0 Å². The van der Waals surface area contributed by atoms with Crippen LogP contribution in [0.3, 0.4) is 0 Å². The van der Waals surface area contributed by atoms with E-state index in [2.05, 4.69) is 31.4 Å². The van der Waals surface area contributed by atoms with E-state index in [1.165, 1.54) is 23.1 Å². The Balaban J connectivity index is 1.96. The molecule has 20 heavy (non-hydrogen) atoms. The van der Waals surface area contributed by atoms with Crippen molar-refractivity contribution in [2.24, 2.45) is 0 Å². The summed E-state index contributed by atoms with van der Waals surface area (Å²) < 4.78 is 1.73. The van der Waals surface area contributed by atoms with Crippen molar-refractivity contribution >= 4 is 55.8 Å². The lowest BCUT2D eigenvalue weighted by atomic mass is 10.1. The molecule has 0 aliphatic rings. The molecular formula is C12H13BrN4OS2. The lowest BCUT2D eigenvalue weighted by Gasteiger charge is -2.11. The Labute approximate surface area is 133 Å². The number of carbonyl (C=O) groups is 1. The van der Waals surface area contributed by atoms with Crippen LogP contribution in [0.5, 0.6) is 0 Å². The first-order valence-corrected chi connectivity index (χ1v) is 8.34. The van der Waals surface area contributed by atoms with Gasteiger partial charge in [0.05, 0.1) is 5.75 Å². The Hall–Kier alpha value is -1.12. The van der Waals surface area contributed by atoms with Gasteiger partial charge in [-0.15, -0.1) is 10.2 Å². The predicted octanol–water partition coefficient (Wildman–Crippen LogP) is 3.23. The number of hydrogen-bond donors (Lipinski definition) is 2. The van der Waals surface area contributed by atoms with Crippen LogP contribution in [-0.2, 0) is 4.79 Å². The second kappa shape index (κ2) is 6.55. The first-order valence-electron chi connectivity index (χ1n) is 5.74. The van der Waals surface area contributed by atoms with Gasteiger partial charge in [-0.2, -0.15) is 0 Å². The van der Waals surface area contributed by atoms with Crippen LogP contribution in [-0.4, -0.2) is 21.9 Å². The van der Waals surface area contributed by atoms with Gasteiger partial charge in [0.25, 0.3) is 0 Å². The van der Waals surface area contributed by atoms with Gasteiger partial charge in [0, 0.05) is 10.2 Å². The van der Waals surface area contributed by atoms with Crippen LogP contribution < -0.4 is 11.1 Å². The average molecular weight is 373 g/mol. The number of anilines is 2. The van der Waals surface area contributed by atoms with Crippen molar-refractivity contribution in [3.63, 3.8) is 0 Å². The molecule has 0 aliphatic heterocycles. The number of nitrogens with zero attached hydrogens (tertiary/aromatic N) is 2. The highest BCUT2D eigenvalue weighted by atomic mass is 79.9. The average Bonchev–Trinajstić information content (AvgIpc) is 2.83. The molecule has 1 aromatic carbocycles. The first-order chi connectivity index (χ1) is 9.47. The third kappa shape index (κ3) is 3.71. The Morgan fingerprint density at radius 2 is 2.15 bits per heavy atom. The van der Waals surface area contributed by atoms with Crippen molar-refractivity contribution in [3.05, 3.63) is 27.7 Å². The molecule has 1 aromatic heterocycles. The summed E-state index contributed by atoms with van der Waals surface area (Å²) >= 11 is 6.07. The third-order valence-electron chi connectivity index (χ3n) is 2.74. The minimum Gasteiger partial charge on any atom is -0.374 e. The molecule has 0 saturated carbocycles. The standard InChI is InChI=1S/C12H13BrN4OS2/c1-6-7(2)9(4-3-8(6)13)15-10(18)5-19-12-17-16-11(14)20-12/h3-4H,5H2,1-2H3,(H2,14,16)(H,15,18). The van der Waals surface area contributed by atoms with E-state index in [-0.39, 0.29) is 11.7 Å². The van der Waals surface area contributed by atoms with E-state index in [9.17, 15) is 4.79 Å². The highest BCUT2D eigenvalue weighted by Gasteiger charge is 2.10. The van der Waals surface area contributed by atoms with Crippen LogP contribution in [0.1, 0.15) is 11.1 Å². The van der Waals surface area contributed by atoms with E-state index in [1.807, 2.05) is 26.0 Å². The van der Waals surface area contributed by atoms with Gasteiger partial charge >= 0.3 is 0 Å². The molecule has 0 unspecified atom stereocenters. The molecule has 0 saturated heterocycles. The lowest BCUT2D eigenvalue weighted by Crippen LogP contribution is -2.15. The number of rotatable bonds is 4. The molecule has 0 radical (unpaired) electrons. The molecule has 2 rings (SSSR count). The smallest absolute Gasteiger partial charge is 0.234 e. The number of amides is 1. The fourth-order valence-corrected chi connectivity index (χ4v) is 3.38. The maximum atomic E-state index is 11.9. The SMILES string of the molecule is Cc1c(Br)ccc(NC(=O)CSc2nnc(N)s2)c1C. The van der Waals surface area contributed by atoms with Gasteiger partial charge < -0.3 is 11.1 Å². The zero-order valence-corrected chi connectivity index (χ0v) is 14.2. The number of nitrogens with one attached hydrogen (secondary N) is 1. The summed E-state index contributed by atoms with van der Waals surface area (Å²) in [7, 11) is 0. The first kappa shape index (κ1) is 15.3. The number of thioether (sulfide) groups is 1. The van der Waals surface area contributed by atoms with Gasteiger partial charge in [0.15, 0.2) is 4.34 Å². The maximum Gasteiger partial charge on any atom is 0.234 e. The number of nitrogens with two attached hydrogens (primary N) is 1. The van der Waals surface area contributed by atoms with Crippen molar-refractivity contribution in [1.29, 1.82) is 0 Å². The van der Waals surface area contributed by atoms with Crippen molar-refractivity contribution in [1.82, 2.24) is 10.2 Å². The molecule has 2 aromatic rings. The topological polar surface area (TPSA) is 80.9 Å². The second-order valence-corrected chi connectivity index (χ2v) is 7.17. The fourth-order valence-electron chi connectivity index (χ4n) is 1.52. The van der Waals surface area contributed by atoms with Crippen LogP contribution in [0.4, 0.5) is 10.8 Å². The molecule has 1 amide bonds. The largest absolute Gasteiger partial charge is 0.374 e. The Bertz CT molecular complexity index is 644. The van der Waals surface area contributed by atoms with E-state index >= 15 is 0 Å². The number of carbonyl (C=O) groups excluding carboxylic acids is 1. The molecule has 1 heterocycles. The molecular weight excluding hydrogens is 360 g/mol. The molecule has 0 aliphatic carbocycles. The van der Waals surface area contributed by atoms with Crippen LogP contribution in [0, 0.1) is 13.8 Å². The summed E-state index contributed by atoms with van der Waals surface area (Å²) in [5, 5.41) is 10.9. The lowest BCUT2D eigenvalue weighted by molar-refractivity contribution is -0.113. The van der Waals surface area contributed by atoms with Crippen LogP contribution in [0.2, 0.25) is 0 Å². The van der Waals surface area contributed by atoms with Gasteiger partial charge in [-0.3, -0.25) is 4.79 Å². The van der Waals surface area contributed by atoms with Gasteiger partial charge in [0.1, 0.15) is 0 Å². The molecule has 8 heteroatoms.